The second kappa shape index (κ2) is 9.39. The van der Waals surface area contributed by atoms with Crippen molar-refractivity contribution in [1.82, 2.24) is 24.9 Å². The number of nitrogen functional groups attached to an aromatic ring is 1. The average molecular weight is 517 g/mol. The Balaban J connectivity index is 1.60. The van der Waals surface area contributed by atoms with E-state index in [-0.39, 0.29) is 23.1 Å². The molecule has 9 nitrogen and oxygen atoms in total. The summed E-state index contributed by atoms with van der Waals surface area (Å²) >= 11 is 0. The first kappa shape index (κ1) is 24.6. The van der Waals surface area contributed by atoms with Gasteiger partial charge in [-0.3, -0.25) is 9.78 Å². The molecule has 4 N–H and O–H groups in total. The van der Waals surface area contributed by atoms with E-state index in [1.165, 1.54) is 18.3 Å². The Bertz CT molecular complexity index is 1690. The van der Waals surface area contributed by atoms with Crippen molar-refractivity contribution in [3.05, 3.63) is 84.2 Å². The zero-order chi connectivity index (χ0) is 27.0. The number of pyridine rings is 1. The summed E-state index contributed by atoms with van der Waals surface area (Å²) in [6, 6.07) is 10.5. The fourth-order valence-electron chi connectivity index (χ4n) is 3.99. The number of aryl methyl sites for hydroxylation is 1. The zero-order valence-corrected chi connectivity index (χ0v) is 19.7. The highest BCUT2D eigenvalue weighted by Crippen LogP contribution is 2.43. The number of phenolic OH excluding ortho intramolecular Hbond substituents is 1. The van der Waals surface area contributed by atoms with Crippen LogP contribution >= 0.6 is 0 Å². The molecule has 1 amide bonds. The summed E-state index contributed by atoms with van der Waals surface area (Å²) in [5.74, 6) is -1.08. The standard InChI is InChI=1S/C26H18F3N7O2/c1-13-4-5-14(24(38)35-20-9-19(26(27,28)29)33-12-34-20)7-17(13)18-8-16-11-32-25(30)36-22(16)21(23(18)37)15-3-2-6-31-10-15/h2-12,37H,1H3,(H2,30,32,36)(H,33,34,35,38). The Morgan fingerprint density at radius 2 is 1.84 bits per heavy atom. The van der Waals surface area contributed by atoms with Crippen LogP contribution in [0.4, 0.5) is 24.9 Å². The van der Waals surface area contributed by atoms with E-state index in [2.05, 4.69) is 30.2 Å². The molecule has 12 heteroatoms. The fourth-order valence-corrected chi connectivity index (χ4v) is 3.99. The minimum atomic E-state index is -4.69. The Morgan fingerprint density at radius 1 is 1.03 bits per heavy atom. The smallest absolute Gasteiger partial charge is 0.433 e. The lowest BCUT2D eigenvalue weighted by Gasteiger charge is -2.16. The Morgan fingerprint density at radius 3 is 2.58 bits per heavy atom. The van der Waals surface area contributed by atoms with E-state index in [1.54, 1.807) is 43.6 Å². The van der Waals surface area contributed by atoms with Crippen molar-refractivity contribution in [2.24, 2.45) is 0 Å². The number of nitrogens with two attached hydrogens (primary N) is 1. The molecule has 0 unspecified atom stereocenters. The van der Waals surface area contributed by atoms with Crippen molar-refractivity contribution in [2.45, 2.75) is 13.1 Å². The number of aromatic hydroxyl groups is 1. The number of rotatable bonds is 4. The van der Waals surface area contributed by atoms with E-state index in [0.29, 0.717) is 39.2 Å². The van der Waals surface area contributed by atoms with Gasteiger partial charge in [-0.2, -0.15) is 13.2 Å². The number of amides is 1. The number of alkyl halides is 3. The number of carbonyl (C=O) groups excluding carboxylic acids is 1. The number of benzene rings is 2. The van der Waals surface area contributed by atoms with Gasteiger partial charge in [-0.05, 0) is 42.3 Å². The van der Waals surface area contributed by atoms with Gasteiger partial charge in [0.2, 0.25) is 5.95 Å². The molecule has 0 aliphatic carbocycles. The van der Waals surface area contributed by atoms with Crippen LogP contribution < -0.4 is 11.1 Å². The number of hydrogen-bond donors (Lipinski definition) is 3. The predicted octanol–water partition coefficient (Wildman–Crippen LogP) is 5.02. The van der Waals surface area contributed by atoms with Gasteiger partial charge in [0.15, 0.2) is 0 Å². The van der Waals surface area contributed by atoms with E-state index in [9.17, 15) is 23.1 Å². The van der Waals surface area contributed by atoms with Crippen molar-refractivity contribution in [3.8, 4) is 28.0 Å². The zero-order valence-electron chi connectivity index (χ0n) is 19.7. The summed E-state index contributed by atoms with van der Waals surface area (Å²) in [4.78, 5) is 32.3. The van der Waals surface area contributed by atoms with Gasteiger partial charge in [0.05, 0.1) is 11.1 Å². The molecule has 3 heterocycles. The maximum absolute atomic E-state index is 13.0. The molecule has 0 radical (unpaired) electrons. The van der Waals surface area contributed by atoms with Crippen LogP contribution in [0.3, 0.4) is 0 Å². The highest BCUT2D eigenvalue weighted by molar-refractivity contribution is 6.06. The molecule has 38 heavy (non-hydrogen) atoms. The van der Waals surface area contributed by atoms with Crippen LogP contribution in [0.1, 0.15) is 21.6 Å². The molecule has 0 bridgehead atoms. The third kappa shape index (κ3) is 4.66. The normalized spacial score (nSPS) is 11.5. The molecule has 0 spiro atoms. The van der Waals surface area contributed by atoms with Gasteiger partial charge in [-0.25, -0.2) is 19.9 Å². The van der Waals surface area contributed by atoms with Gasteiger partial charge < -0.3 is 16.2 Å². The molecule has 0 atom stereocenters. The quantitative estimate of drug-likeness (QED) is 0.302. The number of fused-ring (bicyclic) bond motifs is 1. The number of aromatic nitrogens is 5. The maximum atomic E-state index is 13.0. The van der Waals surface area contributed by atoms with Crippen LogP contribution in [0.25, 0.3) is 33.2 Å². The molecule has 2 aromatic carbocycles. The number of nitrogens with zero attached hydrogens (tertiary/aromatic N) is 5. The first-order valence-electron chi connectivity index (χ1n) is 11.1. The summed E-state index contributed by atoms with van der Waals surface area (Å²) in [7, 11) is 0. The second-order valence-electron chi connectivity index (χ2n) is 8.33. The summed E-state index contributed by atoms with van der Waals surface area (Å²) < 4.78 is 39.0. The fraction of sp³-hybridized carbons (Fsp3) is 0.0769. The minimum absolute atomic E-state index is 0.0306. The lowest BCUT2D eigenvalue weighted by Crippen LogP contribution is -2.15. The van der Waals surface area contributed by atoms with Crippen molar-refractivity contribution in [1.29, 1.82) is 0 Å². The van der Waals surface area contributed by atoms with Crippen LogP contribution in [0, 0.1) is 6.92 Å². The van der Waals surface area contributed by atoms with Crippen LogP contribution in [-0.4, -0.2) is 35.9 Å². The van der Waals surface area contributed by atoms with E-state index in [4.69, 9.17) is 5.73 Å². The van der Waals surface area contributed by atoms with Gasteiger partial charge in [-0.1, -0.05) is 12.1 Å². The number of halogens is 3. The maximum Gasteiger partial charge on any atom is 0.433 e. The van der Waals surface area contributed by atoms with Crippen LogP contribution in [0.2, 0.25) is 0 Å². The summed E-state index contributed by atoms with van der Waals surface area (Å²) in [5.41, 5.74) is 7.78. The number of anilines is 2. The third-order valence-electron chi connectivity index (χ3n) is 5.80. The molecule has 0 aliphatic rings. The predicted molar refractivity (Wildman–Crippen MR) is 134 cm³/mol. The third-order valence-corrected chi connectivity index (χ3v) is 5.80. The van der Waals surface area contributed by atoms with Crippen molar-refractivity contribution >= 4 is 28.6 Å². The molecule has 3 aromatic heterocycles. The average Bonchev–Trinajstić information content (AvgIpc) is 2.89. The molecule has 0 saturated carbocycles. The SMILES string of the molecule is Cc1ccc(C(=O)Nc2cc(C(F)(F)F)ncn2)cc1-c1cc2cnc(N)nc2c(-c2cccnc2)c1O. The summed E-state index contributed by atoms with van der Waals surface area (Å²) in [6.07, 6.45) is 0.732. The van der Waals surface area contributed by atoms with Gasteiger partial charge in [-0.15, -0.1) is 0 Å². The Labute approximate surface area is 213 Å². The summed E-state index contributed by atoms with van der Waals surface area (Å²) in [5, 5.41) is 14.4. The van der Waals surface area contributed by atoms with E-state index >= 15 is 0 Å². The highest BCUT2D eigenvalue weighted by atomic mass is 19.4. The second-order valence-corrected chi connectivity index (χ2v) is 8.33. The molecule has 0 saturated heterocycles. The molecular formula is C26H18F3N7O2. The van der Waals surface area contributed by atoms with Crippen molar-refractivity contribution in [2.75, 3.05) is 11.1 Å². The Hall–Kier alpha value is -5.13. The van der Waals surface area contributed by atoms with Gasteiger partial charge in [0, 0.05) is 46.7 Å². The van der Waals surface area contributed by atoms with Gasteiger partial charge in [0.25, 0.3) is 5.91 Å². The molecule has 0 fully saturated rings. The lowest BCUT2D eigenvalue weighted by molar-refractivity contribution is -0.141. The first-order valence-corrected chi connectivity index (χ1v) is 11.1. The highest BCUT2D eigenvalue weighted by Gasteiger charge is 2.33. The molecular weight excluding hydrogens is 499 g/mol. The van der Waals surface area contributed by atoms with Gasteiger partial charge >= 0.3 is 6.18 Å². The molecule has 5 aromatic rings. The van der Waals surface area contributed by atoms with Gasteiger partial charge in [0.1, 0.15) is 23.6 Å². The monoisotopic (exact) mass is 517 g/mol. The molecule has 5 rings (SSSR count). The number of nitrogens with one attached hydrogen (secondary N) is 1. The number of phenols is 1. The summed E-state index contributed by atoms with van der Waals surface area (Å²) in [6.45, 7) is 1.80. The van der Waals surface area contributed by atoms with Crippen LogP contribution in [0.15, 0.2) is 67.4 Å². The first-order chi connectivity index (χ1) is 18.1. The van der Waals surface area contributed by atoms with E-state index < -0.39 is 17.8 Å². The van der Waals surface area contributed by atoms with Crippen molar-refractivity contribution in [3.63, 3.8) is 0 Å². The van der Waals surface area contributed by atoms with Crippen LogP contribution in [-0.2, 0) is 6.18 Å². The van der Waals surface area contributed by atoms with Crippen LogP contribution in [0.5, 0.6) is 5.75 Å². The minimum Gasteiger partial charge on any atom is -0.507 e. The number of hydrogen-bond acceptors (Lipinski definition) is 8. The van der Waals surface area contributed by atoms with E-state index in [1.807, 2.05) is 0 Å². The van der Waals surface area contributed by atoms with E-state index in [0.717, 1.165) is 11.9 Å². The Kier molecular flexibility index (Phi) is 6.07. The topological polar surface area (TPSA) is 140 Å². The number of carbonyl (C=O) groups is 1. The lowest BCUT2D eigenvalue weighted by atomic mass is 9.92. The van der Waals surface area contributed by atoms with Crippen molar-refractivity contribution < 1.29 is 23.1 Å². The molecule has 190 valence electrons. The molecule has 0 aliphatic heterocycles. The largest absolute Gasteiger partial charge is 0.507 e.